The van der Waals surface area contributed by atoms with Crippen LogP contribution in [0, 0.1) is 5.92 Å². The molecule has 2 rings (SSSR count). The van der Waals surface area contributed by atoms with Gasteiger partial charge in [-0.25, -0.2) is 19.2 Å². The number of carboxylic acid groups (broad SMARTS) is 1. The summed E-state index contributed by atoms with van der Waals surface area (Å²) in [6.45, 7) is 7.95. The van der Waals surface area contributed by atoms with Crippen molar-refractivity contribution in [3.63, 3.8) is 0 Å². The molecule has 0 radical (unpaired) electrons. The lowest BCUT2D eigenvalue weighted by Crippen LogP contribution is -2.38. The van der Waals surface area contributed by atoms with Crippen LogP contribution in [0.1, 0.15) is 33.6 Å². The summed E-state index contributed by atoms with van der Waals surface area (Å²) in [5.74, 6) is -0.656. The number of rotatable bonds is 9. The van der Waals surface area contributed by atoms with Gasteiger partial charge >= 0.3 is 5.97 Å². The van der Waals surface area contributed by atoms with Crippen LogP contribution >= 0.6 is 11.6 Å². The molecule has 1 aliphatic heterocycles. The molecule has 170 valence electrons. The second-order valence-corrected chi connectivity index (χ2v) is 8.05. The molecule has 0 saturated carbocycles. The van der Waals surface area contributed by atoms with Gasteiger partial charge in [0.05, 0.1) is 10.7 Å². The first-order valence-electron chi connectivity index (χ1n) is 10.4. The second kappa shape index (κ2) is 11.8. The van der Waals surface area contributed by atoms with Gasteiger partial charge in [0, 0.05) is 32.5 Å². The van der Waals surface area contributed by atoms with Gasteiger partial charge in [-0.1, -0.05) is 37.6 Å². The molecule has 1 aliphatic carbocycles. The first-order chi connectivity index (χ1) is 14.8. The predicted octanol–water partition coefficient (Wildman–Crippen LogP) is 3.57. The maximum absolute atomic E-state index is 13.9. The van der Waals surface area contributed by atoms with Crippen LogP contribution in [0.2, 0.25) is 0 Å². The number of allylic oxidation sites excluding steroid dienone is 7. The number of guanidine groups is 1. The van der Waals surface area contributed by atoms with Crippen LogP contribution in [0.3, 0.4) is 0 Å². The molecular formula is C22H31ClFN5O2. The largest absolute Gasteiger partial charge is 0.480 e. The lowest BCUT2D eigenvalue weighted by atomic mass is 10.1. The molecule has 31 heavy (non-hydrogen) atoms. The maximum Gasteiger partial charge on any atom is 0.328 e. The van der Waals surface area contributed by atoms with E-state index in [1.165, 1.54) is 6.08 Å². The molecule has 0 fully saturated rings. The summed E-state index contributed by atoms with van der Waals surface area (Å²) >= 11 is 5.95. The summed E-state index contributed by atoms with van der Waals surface area (Å²) in [5.41, 5.74) is 1.39. The van der Waals surface area contributed by atoms with Crippen molar-refractivity contribution >= 4 is 29.2 Å². The van der Waals surface area contributed by atoms with E-state index in [-0.39, 0.29) is 23.3 Å². The van der Waals surface area contributed by atoms with Gasteiger partial charge in [-0.3, -0.25) is 0 Å². The number of carbonyl (C=O) groups is 1. The van der Waals surface area contributed by atoms with E-state index in [0.29, 0.717) is 12.1 Å². The second-order valence-electron chi connectivity index (χ2n) is 7.59. The Morgan fingerprint density at radius 2 is 2.13 bits per heavy atom. The molecule has 1 heterocycles. The van der Waals surface area contributed by atoms with Gasteiger partial charge in [-0.15, -0.1) is 0 Å². The summed E-state index contributed by atoms with van der Waals surface area (Å²) in [4.78, 5) is 22.9. The van der Waals surface area contributed by atoms with E-state index >= 15 is 0 Å². The molecule has 0 amide bonds. The van der Waals surface area contributed by atoms with Crippen LogP contribution < -0.4 is 10.6 Å². The minimum atomic E-state index is -1.01. The zero-order chi connectivity index (χ0) is 23.0. The zero-order valence-electron chi connectivity index (χ0n) is 18.5. The van der Waals surface area contributed by atoms with Crippen molar-refractivity contribution < 1.29 is 14.3 Å². The van der Waals surface area contributed by atoms with E-state index < -0.39 is 17.8 Å². The van der Waals surface area contributed by atoms with Crippen molar-refractivity contribution in [2.24, 2.45) is 15.9 Å². The number of nitrogens with one attached hydrogen (secondary N) is 2. The van der Waals surface area contributed by atoms with Crippen LogP contribution in [-0.4, -0.2) is 60.4 Å². The molecule has 7 nitrogen and oxygen atoms in total. The smallest absolute Gasteiger partial charge is 0.328 e. The van der Waals surface area contributed by atoms with Gasteiger partial charge in [0.1, 0.15) is 11.6 Å². The highest BCUT2D eigenvalue weighted by Crippen LogP contribution is 2.24. The van der Waals surface area contributed by atoms with Crippen LogP contribution in [-0.2, 0) is 4.79 Å². The van der Waals surface area contributed by atoms with Gasteiger partial charge in [0.15, 0.2) is 6.04 Å². The monoisotopic (exact) mass is 451 g/mol. The summed E-state index contributed by atoms with van der Waals surface area (Å²) in [6, 6.07) is -0.938. The first-order valence-corrected chi connectivity index (χ1v) is 10.8. The molecule has 9 heteroatoms. The Kier molecular flexibility index (Phi) is 9.45. The Labute approximate surface area is 188 Å². The van der Waals surface area contributed by atoms with Gasteiger partial charge in [-0.05, 0) is 37.6 Å². The number of aliphatic carboxylic acids is 1. The molecule has 0 saturated heterocycles. The molecule has 2 aliphatic rings. The lowest BCUT2D eigenvalue weighted by molar-refractivity contribution is -0.139. The molecule has 0 aromatic rings. The van der Waals surface area contributed by atoms with Crippen molar-refractivity contribution in [1.29, 1.82) is 0 Å². The number of halogens is 2. The third-order valence-corrected chi connectivity index (χ3v) is 5.31. The normalized spacial score (nSPS) is 19.3. The van der Waals surface area contributed by atoms with Crippen molar-refractivity contribution in [1.82, 2.24) is 15.5 Å². The van der Waals surface area contributed by atoms with Crippen molar-refractivity contribution in [3.05, 3.63) is 46.6 Å². The molecule has 0 aromatic carbocycles. The number of likely N-dealkylation sites (N-methyl/N-ethyl adjacent to an activating group) is 2. The average molecular weight is 452 g/mol. The Hall–Kier alpha value is -2.45. The van der Waals surface area contributed by atoms with Crippen molar-refractivity contribution in [2.75, 3.05) is 26.7 Å². The van der Waals surface area contributed by atoms with Crippen LogP contribution in [0.5, 0.6) is 0 Å². The predicted molar refractivity (Wildman–Crippen MR) is 124 cm³/mol. The Balaban J connectivity index is 2.46. The molecular weight excluding hydrogens is 421 g/mol. The molecule has 0 bridgehead atoms. The fraction of sp³-hybridized carbons (Fsp3) is 0.500. The van der Waals surface area contributed by atoms with Crippen molar-refractivity contribution in [2.45, 2.75) is 39.7 Å². The molecule has 1 atom stereocenters. The van der Waals surface area contributed by atoms with Crippen molar-refractivity contribution in [3.8, 4) is 0 Å². The quantitative estimate of drug-likeness (QED) is 0.498. The van der Waals surface area contributed by atoms with E-state index in [1.807, 2.05) is 26.1 Å². The standard InChI is InChI=1S/C22H31ClFN5O2/c1-5-29(13-12-25-4)19-11-10-18(15-6-8-16(23)17(24)9-7-15)26-22(27-19)28-20(14(2)3)21(30)31/h6-7,9,11,14,20,25H,5,8,10,12-13H2,1-4H3,(H,27,28)(H,30,31). The molecule has 3 N–H and O–H groups in total. The lowest BCUT2D eigenvalue weighted by Gasteiger charge is -2.26. The topological polar surface area (TPSA) is 89.3 Å². The van der Waals surface area contributed by atoms with Gasteiger partial charge < -0.3 is 20.6 Å². The van der Waals surface area contributed by atoms with E-state index in [9.17, 15) is 14.3 Å². The third kappa shape index (κ3) is 7.04. The van der Waals surface area contributed by atoms with Crippen LogP contribution in [0.25, 0.3) is 0 Å². The highest BCUT2D eigenvalue weighted by molar-refractivity contribution is 6.30. The van der Waals surface area contributed by atoms with Crippen LogP contribution in [0.15, 0.2) is 56.5 Å². The average Bonchev–Trinajstić information content (AvgIpc) is 3.03. The molecule has 1 unspecified atom stereocenters. The van der Waals surface area contributed by atoms with Gasteiger partial charge in [0.25, 0.3) is 0 Å². The highest BCUT2D eigenvalue weighted by Gasteiger charge is 2.23. The molecule has 0 aromatic heterocycles. The highest BCUT2D eigenvalue weighted by atomic mass is 35.5. The van der Waals surface area contributed by atoms with E-state index in [4.69, 9.17) is 11.6 Å². The van der Waals surface area contributed by atoms with E-state index in [1.54, 1.807) is 19.9 Å². The van der Waals surface area contributed by atoms with E-state index in [2.05, 4.69) is 25.5 Å². The summed E-state index contributed by atoms with van der Waals surface area (Å²) in [5, 5.41) is 16.1. The minimum Gasteiger partial charge on any atom is -0.480 e. The maximum atomic E-state index is 13.9. The van der Waals surface area contributed by atoms with Gasteiger partial charge in [-0.2, -0.15) is 0 Å². The number of hydrogen-bond acceptors (Lipinski definition) is 4. The number of nitrogens with zero attached hydrogens (tertiary/aromatic N) is 3. The number of hydrogen-bond donors (Lipinski definition) is 3. The Bertz CT molecular complexity index is 858. The Morgan fingerprint density at radius 3 is 2.74 bits per heavy atom. The first kappa shape index (κ1) is 24.8. The van der Waals surface area contributed by atoms with E-state index in [0.717, 1.165) is 31.0 Å². The third-order valence-electron chi connectivity index (χ3n) is 4.97. The number of carboxylic acids is 1. The summed E-state index contributed by atoms with van der Waals surface area (Å²) < 4.78 is 13.9. The molecule has 0 spiro atoms. The van der Waals surface area contributed by atoms with Gasteiger partial charge in [0.2, 0.25) is 5.96 Å². The minimum absolute atomic E-state index is 0.138. The summed E-state index contributed by atoms with van der Waals surface area (Å²) in [7, 11) is 1.89. The SMILES string of the molecule is CCN(CCNC)C1=CCC(C2=CCC(Cl)=C(F)C=C2)=NC(=NC(C(=O)O)C(C)C)N1. The fourth-order valence-electron chi connectivity index (χ4n) is 3.16. The Morgan fingerprint density at radius 1 is 1.39 bits per heavy atom. The number of aliphatic imine (C=N–C) groups is 2. The van der Waals surface area contributed by atoms with Crippen LogP contribution in [0.4, 0.5) is 4.39 Å². The zero-order valence-corrected chi connectivity index (χ0v) is 19.2. The summed E-state index contributed by atoms with van der Waals surface area (Å²) in [6.07, 6.45) is 7.51. The fourth-order valence-corrected chi connectivity index (χ4v) is 3.30.